The highest BCUT2D eigenvalue weighted by Crippen LogP contribution is 2.48. The number of rotatable bonds is 7. The molecule has 0 aliphatic heterocycles. The number of carbonyl (C=O) groups is 1. The Balaban J connectivity index is 1.65. The molecule has 192 valence electrons. The molecule has 2 aromatic carbocycles. The van der Waals surface area contributed by atoms with Crippen LogP contribution in [0.1, 0.15) is 82.6 Å². The number of methoxy groups -OCH3 is 1. The van der Waals surface area contributed by atoms with E-state index in [1.165, 1.54) is 48.6 Å². The Labute approximate surface area is 215 Å². The van der Waals surface area contributed by atoms with Crippen LogP contribution in [0.3, 0.4) is 0 Å². The number of hydrogen-bond donors (Lipinski definition) is 2. The van der Waals surface area contributed by atoms with Gasteiger partial charge in [0.2, 0.25) is 5.91 Å². The molecule has 2 saturated carbocycles. The van der Waals surface area contributed by atoms with E-state index in [0.717, 1.165) is 60.7 Å². The second-order valence-corrected chi connectivity index (χ2v) is 10.8. The number of ether oxygens (including phenoxy) is 1. The summed E-state index contributed by atoms with van der Waals surface area (Å²) in [5.74, 6) is 2.05. The average Bonchev–Trinajstić information content (AvgIpc) is 3.27. The highest BCUT2D eigenvalue weighted by Gasteiger charge is 2.28. The molecule has 0 atom stereocenters. The Morgan fingerprint density at radius 1 is 1.03 bits per heavy atom. The van der Waals surface area contributed by atoms with Crippen LogP contribution in [0.2, 0.25) is 0 Å². The summed E-state index contributed by atoms with van der Waals surface area (Å²) in [6.07, 6.45) is 13.6. The average molecular weight is 488 g/mol. The van der Waals surface area contributed by atoms with E-state index in [0.29, 0.717) is 18.4 Å². The number of nitrogens with two attached hydrogens (primary N) is 1. The Morgan fingerprint density at radius 3 is 2.50 bits per heavy atom. The van der Waals surface area contributed by atoms with Gasteiger partial charge in [0.25, 0.3) is 0 Å². The van der Waals surface area contributed by atoms with Gasteiger partial charge in [0.05, 0.1) is 12.8 Å². The van der Waals surface area contributed by atoms with E-state index < -0.39 is 0 Å². The first-order valence-electron chi connectivity index (χ1n) is 13.9. The molecule has 2 aliphatic carbocycles. The fourth-order valence-electron chi connectivity index (χ4n) is 6.43. The van der Waals surface area contributed by atoms with E-state index in [1.54, 1.807) is 7.11 Å². The molecule has 2 aliphatic rings. The highest BCUT2D eigenvalue weighted by atomic mass is 16.5. The first-order valence-corrected chi connectivity index (χ1v) is 13.9. The van der Waals surface area contributed by atoms with Crippen molar-refractivity contribution in [3.05, 3.63) is 48.2 Å². The van der Waals surface area contributed by atoms with Gasteiger partial charge in [0.15, 0.2) is 0 Å². The van der Waals surface area contributed by atoms with Crippen molar-refractivity contribution >= 4 is 22.5 Å². The number of hydrogen-bond acceptors (Lipinski definition) is 3. The van der Waals surface area contributed by atoms with E-state index in [1.807, 2.05) is 6.92 Å². The first-order chi connectivity index (χ1) is 17.6. The number of para-hydroxylation sites is 1. The van der Waals surface area contributed by atoms with Gasteiger partial charge in [-0.25, -0.2) is 0 Å². The van der Waals surface area contributed by atoms with E-state index in [-0.39, 0.29) is 5.91 Å². The van der Waals surface area contributed by atoms with Crippen LogP contribution in [0.25, 0.3) is 22.0 Å². The molecule has 5 rings (SSSR count). The van der Waals surface area contributed by atoms with Gasteiger partial charge in [-0.15, -0.1) is 0 Å². The van der Waals surface area contributed by atoms with Gasteiger partial charge in [0, 0.05) is 47.2 Å². The summed E-state index contributed by atoms with van der Waals surface area (Å²) in [6, 6.07) is 13.2. The van der Waals surface area contributed by atoms with Crippen molar-refractivity contribution in [1.82, 2.24) is 4.57 Å². The molecule has 0 unspecified atom stereocenters. The van der Waals surface area contributed by atoms with Gasteiger partial charge in [0.1, 0.15) is 5.75 Å². The Morgan fingerprint density at radius 2 is 1.78 bits per heavy atom. The van der Waals surface area contributed by atoms with Crippen LogP contribution in [0, 0.1) is 5.92 Å². The molecule has 0 saturated heterocycles. The minimum atomic E-state index is 0.0145. The summed E-state index contributed by atoms with van der Waals surface area (Å²) < 4.78 is 8.63. The van der Waals surface area contributed by atoms with E-state index in [2.05, 4.69) is 52.5 Å². The Hall–Kier alpha value is -2.79. The number of fused-ring (bicyclic) bond motifs is 1. The minimum absolute atomic E-state index is 0.0145. The second-order valence-electron chi connectivity index (χ2n) is 10.8. The van der Waals surface area contributed by atoms with Crippen LogP contribution in [0.15, 0.2) is 42.6 Å². The van der Waals surface area contributed by atoms with Crippen molar-refractivity contribution < 1.29 is 9.53 Å². The smallest absolute Gasteiger partial charge is 0.224 e. The third-order valence-electron chi connectivity index (χ3n) is 8.44. The molecule has 1 aromatic heterocycles. The van der Waals surface area contributed by atoms with Crippen molar-refractivity contribution in [3.63, 3.8) is 0 Å². The van der Waals surface area contributed by atoms with Crippen LogP contribution in [-0.4, -0.2) is 23.6 Å². The molecule has 3 aromatic rings. The molecular weight excluding hydrogens is 446 g/mol. The van der Waals surface area contributed by atoms with Crippen molar-refractivity contribution in [2.45, 2.75) is 89.6 Å². The van der Waals surface area contributed by atoms with Crippen LogP contribution >= 0.6 is 0 Å². The van der Waals surface area contributed by atoms with Gasteiger partial charge in [-0.1, -0.05) is 50.5 Å². The Kier molecular flexibility index (Phi) is 7.66. The SMILES string of the molecule is CCC(=O)Nc1ccc(C2CCC(N)CC2)c(OC)c1-c1cn(CC2CCCCC2)c2ccccc12. The summed E-state index contributed by atoms with van der Waals surface area (Å²) >= 11 is 0. The first kappa shape index (κ1) is 24.9. The lowest BCUT2D eigenvalue weighted by Crippen LogP contribution is -2.26. The molecule has 36 heavy (non-hydrogen) atoms. The quantitative estimate of drug-likeness (QED) is 0.369. The van der Waals surface area contributed by atoms with E-state index in [4.69, 9.17) is 10.5 Å². The maximum atomic E-state index is 12.5. The topological polar surface area (TPSA) is 69.3 Å². The van der Waals surface area contributed by atoms with Gasteiger partial charge < -0.3 is 20.4 Å². The van der Waals surface area contributed by atoms with Crippen LogP contribution < -0.4 is 15.8 Å². The number of nitrogens with zero attached hydrogens (tertiary/aromatic N) is 1. The zero-order valence-corrected chi connectivity index (χ0v) is 21.9. The van der Waals surface area contributed by atoms with Gasteiger partial charge >= 0.3 is 0 Å². The zero-order chi connectivity index (χ0) is 25.1. The standard InChI is InChI=1S/C31H41N3O2/c1-3-29(35)33-27-18-17-24(22-13-15-23(32)16-14-22)31(36-2)30(27)26-20-34(19-21-9-5-4-6-10-21)28-12-8-7-11-25(26)28/h7-8,11-12,17-18,20-23H,3-6,9-10,13-16,19,32H2,1-2H3,(H,33,35). The third-order valence-corrected chi connectivity index (χ3v) is 8.44. The van der Waals surface area contributed by atoms with Crippen molar-refractivity contribution in [2.24, 2.45) is 11.7 Å². The monoisotopic (exact) mass is 487 g/mol. The predicted molar refractivity (Wildman–Crippen MR) is 149 cm³/mol. The van der Waals surface area contributed by atoms with E-state index in [9.17, 15) is 4.79 Å². The lowest BCUT2D eigenvalue weighted by Gasteiger charge is -2.29. The summed E-state index contributed by atoms with van der Waals surface area (Å²) in [5.41, 5.74) is 11.7. The molecule has 0 bridgehead atoms. The number of anilines is 1. The molecule has 0 spiro atoms. The number of amides is 1. The summed E-state index contributed by atoms with van der Waals surface area (Å²) in [5, 5.41) is 4.39. The van der Waals surface area contributed by atoms with E-state index >= 15 is 0 Å². The van der Waals surface area contributed by atoms with Crippen molar-refractivity contribution in [1.29, 1.82) is 0 Å². The second kappa shape index (κ2) is 11.1. The molecule has 5 nitrogen and oxygen atoms in total. The highest BCUT2D eigenvalue weighted by molar-refractivity contribution is 6.04. The molecule has 1 heterocycles. The van der Waals surface area contributed by atoms with Crippen LogP contribution in [0.4, 0.5) is 5.69 Å². The largest absolute Gasteiger partial charge is 0.496 e. The predicted octanol–water partition coefficient (Wildman–Crippen LogP) is 7.23. The van der Waals surface area contributed by atoms with Gasteiger partial charge in [-0.3, -0.25) is 4.79 Å². The Bertz CT molecular complexity index is 1200. The van der Waals surface area contributed by atoms with Gasteiger partial charge in [-0.2, -0.15) is 0 Å². The third kappa shape index (κ3) is 5.04. The number of aromatic nitrogens is 1. The van der Waals surface area contributed by atoms with Crippen molar-refractivity contribution in [2.75, 3.05) is 12.4 Å². The number of benzene rings is 2. The molecule has 0 radical (unpaired) electrons. The fraction of sp³-hybridized carbons (Fsp3) is 0.516. The lowest BCUT2D eigenvalue weighted by molar-refractivity contribution is -0.115. The molecule has 5 heteroatoms. The van der Waals surface area contributed by atoms with Gasteiger partial charge in [-0.05, 0) is 68.1 Å². The summed E-state index contributed by atoms with van der Waals surface area (Å²) in [6.45, 7) is 2.93. The number of nitrogens with one attached hydrogen (secondary N) is 1. The van der Waals surface area contributed by atoms with Crippen LogP contribution in [0.5, 0.6) is 5.75 Å². The molecule has 1 amide bonds. The maximum absolute atomic E-state index is 12.5. The fourth-order valence-corrected chi connectivity index (χ4v) is 6.43. The molecule has 3 N–H and O–H groups in total. The summed E-state index contributed by atoms with van der Waals surface area (Å²) in [4.78, 5) is 12.5. The number of carbonyl (C=O) groups excluding carboxylic acids is 1. The lowest BCUT2D eigenvalue weighted by atomic mass is 9.80. The zero-order valence-electron chi connectivity index (χ0n) is 21.9. The maximum Gasteiger partial charge on any atom is 0.224 e. The molecule has 2 fully saturated rings. The van der Waals surface area contributed by atoms with Crippen molar-refractivity contribution in [3.8, 4) is 16.9 Å². The summed E-state index contributed by atoms with van der Waals surface area (Å²) in [7, 11) is 1.77. The molecular formula is C31H41N3O2. The van der Waals surface area contributed by atoms with Crippen LogP contribution in [-0.2, 0) is 11.3 Å². The minimum Gasteiger partial charge on any atom is -0.496 e. The normalized spacial score (nSPS) is 21.0.